The Hall–Kier alpha value is -2.15. The first-order valence-corrected chi connectivity index (χ1v) is 8.65. The van der Waals surface area contributed by atoms with Crippen molar-refractivity contribution in [1.82, 2.24) is 0 Å². The van der Waals surface area contributed by atoms with E-state index in [-0.39, 0.29) is 24.5 Å². The average molecular weight is 359 g/mol. The number of aliphatic hydroxyl groups is 1. The van der Waals surface area contributed by atoms with Crippen LogP contribution in [-0.4, -0.2) is 30.3 Å². The smallest absolute Gasteiger partial charge is 0.148 e. The number of hydrogen-bond donors (Lipinski definition) is 1. The van der Waals surface area contributed by atoms with Crippen molar-refractivity contribution in [2.24, 2.45) is 0 Å². The number of aliphatic hydroxyl groups excluding tert-OH is 1. The molecule has 2 rings (SSSR count). The van der Waals surface area contributed by atoms with Gasteiger partial charge in [-0.05, 0) is 35.4 Å². The number of rotatable bonds is 8. The SMILES string of the molecule is C#CCOc1ccc(C(C)(C)c2ccc(OCC(O)CCl)cc2)cc1. The average Bonchev–Trinajstić information content (AvgIpc) is 2.65. The fraction of sp³-hybridized carbons (Fsp3) is 0.333. The summed E-state index contributed by atoms with van der Waals surface area (Å²) in [6.45, 7) is 4.78. The molecule has 0 radical (unpaired) electrons. The summed E-state index contributed by atoms with van der Waals surface area (Å²) in [5.74, 6) is 4.09. The van der Waals surface area contributed by atoms with Crippen LogP contribution in [0.25, 0.3) is 0 Å². The fourth-order valence-electron chi connectivity index (χ4n) is 2.46. The number of terminal acetylenes is 1. The van der Waals surface area contributed by atoms with Crippen molar-refractivity contribution in [3.05, 3.63) is 59.7 Å². The number of benzene rings is 2. The zero-order valence-electron chi connectivity index (χ0n) is 14.5. The van der Waals surface area contributed by atoms with E-state index in [4.69, 9.17) is 27.5 Å². The Balaban J connectivity index is 2.09. The molecule has 0 aromatic heterocycles. The summed E-state index contributed by atoms with van der Waals surface area (Å²) in [6, 6.07) is 15.8. The van der Waals surface area contributed by atoms with Crippen LogP contribution in [0.15, 0.2) is 48.5 Å². The van der Waals surface area contributed by atoms with Gasteiger partial charge in [0.25, 0.3) is 0 Å². The third-order valence-electron chi connectivity index (χ3n) is 4.09. The van der Waals surface area contributed by atoms with Crippen molar-refractivity contribution >= 4 is 11.6 Å². The van der Waals surface area contributed by atoms with Crippen molar-refractivity contribution in [3.8, 4) is 23.8 Å². The maximum atomic E-state index is 9.45. The predicted molar refractivity (Wildman–Crippen MR) is 102 cm³/mol. The summed E-state index contributed by atoms with van der Waals surface area (Å²) >= 11 is 5.56. The standard InChI is InChI=1S/C21H23ClO3/c1-4-13-24-19-9-5-16(6-10-19)21(2,3)17-7-11-20(12-8-17)25-15-18(23)14-22/h1,5-12,18,23H,13-15H2,2-3H3. The third-order valence-corrected chi connectivity index (χ3v) is 4.45. The molecule has 25 heavy (non-hydrogen) atoms. The Morgan fingerprint density at radius 1 is 1.00 bits per heavy atom. The first kappa shape index (κ1) is 19.2. The van der Waals surface area contributed by atoms with E-state index in [1.54, 1.807) is 0 Å². The second kappa shape index (κ2) is 8.80. The molecule has 0 saturated carbocycles. The zero-order chi connectivity index (χ0) is 18.3. The second-order valence-corrected chi connectivity index (χ2v) is 6.59. The van der Waals surface area contributed by atoms with E-state index in [1.165, 1.54) is 5.56 Å². The second-order valence-electron chi connectivity index (χ2n) is 6.29. The first-order chi connectivity index (χ1) is 12.0. The van der Waals surface area contributed by atoms with Gasteiger partial charge >= 0.3 is 0 Å². The van der Waals surface area contributed by atoms with E-state index < -0.39 is 6.10 Å². The van der Waals surface area contributed by atoms with Crippen molar-refractivity contribution in [2.75, 3.05) is 19.1 Å². The van der Waals surface area contributed by atoms with Gasteiger partial charge in [-0.3, -0.25) is 0 Å². The van der Waals surface area contributed by atoms with Crippen molar-refractivity contribution < 1.29 is 14.6 Å². The molecular formula is C21H23ClO3. The fourth-order valence-corrected chi connectivity index (χ4v) is 2.55. The molecule has 0 saturated heterocycles. The lowest BCUT2D eigenvalue weighted by atomic mass is 9.78. The van der Waals surface area contributed by atoms with E-state index in [9.17, 15) is 5.11 Å². The summed E-state index contributed by atoms with van der Waals surface area (Å²) in [7, 11) is 0. The molecule has 0 aliphatic heterocycles. The summed E-state index contributed by atoms with van der Waals surface area (Å²) in [5, 5.41) is 9.45. The highest BCUT2D eigenvalue weighted by atomic mass is 35.5. The van der Waals surface area contributed by atoms with Crippen molar-refractivity contribution in [3.63, 3.8) is 0 Å². The van der Waals surface area contributed by atoms with E-state index in [0.29, 0.717) is 5.75 Å². The molecule has 132 valence electrons. The number of hydrogen-bond acceptors (Lipinski definition) is 3. The highest BCUT2D eigenvalue weighted by Gasteiger charge is 2.23. The van der Waals surface area contributed by atoms with Crippen LogP contribution in [0, 0.1) is 12.3 Å². The summed E-state index contributed by atoms with van der Waals surface area (Å²) in [4.78, 5) is 0. The van der Waals surface area contributed by atoms with Crippen LogP contribution in [-0.2, 0) is 5.41 Å². The highest BCUT2D eigenvalue weighted by molar-refractivity contribution is 6.18. The van der Waals surface area contributed by atoms with Crippen LogP contribution >= 0.6 is 11.6 Å². The molecule has 3 nitrogen and oxygen atoms in total. The highest BCUT2D eigenvalue weighted by Crippen LogP contribution is 2.33. The van der Waals surface area contributed by atoms with Gasteiger partial charge in [-0.1, -0.05) is 44.0 Å². The van der Waals surface area contributed by atoms with Crippen LogP contribution in [0.5, 0.6) is 11.5 Å². The van der Waals surface area contributed by atoms with E-state index in [0.717, 1.165) is 11.3 Å². The molecule has 2 aromatic carbocycles. The zero-order valence-corrected chi connectivity index (χ0v) is 15.3. The Morgan fingerprint density at radius 3 is 1.92 bits per heavy atom. The summed E-state index contributed by atoms with van der Waals surface area (Å²) in [6.07, 6.45) is 4.54. The van der Waals surface area contributed by atoms with Crippen LogP contribution in [0.1, 0.15) is 25.0 Å². The monoisotopic (exact) mass is 358 g/mol. The molecule has 2 aromatic rings. The maximum Gasteiger partial charge on any atom is 0.148 e. The van der Waals surface area contributed by atoms with Gasteiger partial charge in [0.2, 0.25) is 0 Å². The molecule has 0 fully saturated rings. The number of ether oxygens (including phenoxy) is 2. The molecule has 0 spiro atoms. The van der Waals surface area contributed by atoms with Gasteiger partial charge in [-0.25, -0.2) is 0 Å². The van der Waals surface area contributed by atoms with Gasteiger partial charge in [0.15, 0.2) is 0 Å². The topological polar surface area (TPSA) is 38.7 Å². The van der Waals surface area contributed by atoms with E-state index in [1.807, 2.05) is 48.5 Å². The lowest BCUT2D eigenvalue weighted by molar-refractivity contribution is 0.125. The Labute approximate surface area is 154 Å². The normalized spacial score (nSPS) is 12.3. The van der Waals surface area contributed by atoms with Crippen molar-refractivity contribution in [1.29, 1.82) is 0 Å². The molecule has 0 aliphatic rings. The van der Waals surface area contributed by atoms with Gasteiger partial charge in [-0.15, -0.1) is 18.0 Å². The minimum Gasteiger partial charge on any atom is -0.491 e. The Bertz CT molecular complexity index is 699. The van der Waals surface area contributed by atoms with Gasteiger partial charge in [0, 0.05) is 5.41 Å². The van der Waals surface area contributed by atoms with Crippen LogP contribution in [0.4, 0.5) is 0 Å². The molecule has 1 unspecified atom stereocenters. The van der Waals surface area contributed by atoms with E-state index >= 15 is 0 Å². The molecule has 0 aliphatic carbocycles. The van der Waals surface area contributed by atoms with E-state index in [2.05, 4.69) is 19.8 Å². The molecule has 1 atom stereocenters. The van der Waals surface area contributed by atoms with Crippen LogP contribution in [0.2, 0.25) is 0 Å². The van der Waals surface area contributed by atoms with Gasteiger partial charge in [0.1, 0.15) is 30.8 Å². The Morgan fingerprint density at radius 2 is 1.48 bits per heavy atom. The molecule has 0 heterocycles. The Kier molecular flexibility index (Phi) is 6.75. The lowest BCUT2D eigenvalue weighted by Gasteiger charge is -2.26. The van der Waals surface area contributed by atoms with Crippen LogP contribution in [0.3, 0.4) is 0 Å². The van der Waals surface area contributed by atoms with Gasteiger partial charge in [-0.2, -0.15) is 0 Å². The van der Waals surface area contributed by atoms with Gasteiger partial charge < -0.3 is 14.6 Å². The van der Waals surface area contributed by atoms with Crippen molar-refractivity contribution in [2.45, 2.75) is 25.4 Å². The summed E-state index contributed by atoms with van der Waals surface area (Å²) in [5.41, 5.74) is 2.17. The van der Waals surface area contributed by atoms with Gasteiger partial charge in [0.05, 0.1) is 5.88 Å². The lowest BCUT2D eigenvalue weighted by Crippen LogP contribution is -2.20. The minimum absolute atomic E-state index is 0.159. The molecule has 1 N–H and O–H groups in total. The number of alkyl halides is 1. The minimum atomic E-state index is -0.659. The third kappa shape index (κ3) is 5.16. The molecule has 0 amide bonds. The summed E-state index contributed by atoms with van der Waals surface area (Å²) < 4.78 is 10.9. The maximum absolute atomic E-state index is 9.45. The predicted octanol–water partition coefficient (Wildman–Crippen LogP) is 4.00. The molecular weight excluding hydrogens is 336 g/mol. The molecule has 0 bridgehead atoms. The largest absolute Gasteiger partial charge is 0.491 e. The number of halogens is 1. The first-order valence-electron chi connectivity index (χ1n) is 8.11. The van der Waals surface area contributed by atoms with Crippen LogP contribution < -0.4 is 9.47 Å². The molecule has 4 heteroatoms. The quantitative estimate of drug-likeness (QED) is 0.572.